The first kappa shape index (κ1) is 18.2. The normalized spacial score (nSPS) is 12.9. The number of nitrogens with two attached hydrogens (primary N) is 1. The highest BCUT2D eigenvalue weighted by Gasteiger charge is 2.17. The molecular weight excluding hydrogens is 372 g/mol. The van der Waals surface area contributed by atoms with Gasteiger partial charge >= 0.3 is 0 Å². The summed E-state index contributed by atoms with van der Waals surface area (Å²) < 4.78 is 25.7. The van der Waals surface area contributed by atoms with Crippen molar-refractivity contribution in [2.24, 2.45) is 0 Å². The maximum Gasteiger partial charge on any atom is 0.201 e. The highest BCUT2D eigenvalue weighted by atomic mass is 32.2. The lowest BCUT2D eigenvalue weighted by Gasteiger charge is -2.17. The Kier molecular flexibility index (Phi) is 4.39. The van der Waals surface area contributed by atoms with E-state index in [1.165, 1.54) is 12.5 Å². The molecule has 28 heavy (non-hydrogen) atoms. The average molecular weight is 392 g/mol. The summed E-state index contributed by atoms with van der Waals surface area (Å²) >= 11 is 0. The number of imidazole rings is 1. The number of nitrogens with zero attached hydrogens (tertiary/aromatic N) is 3. The van der Waals surface area contributed by atoms with E-state index < -0.39 is 9.84 Å². The van der Waals surface area contributed by atoms with Gasteiger partial charge in [-0.1, -0.05) is 36.4 Å². The van der Waals surface area contributed by atoms with E-state index in [0.29, 0.717) is 5.95 Å². The van der Waals surface area contributed by atoms with Crippen LogP contribution < -0.4 is 5.73 Å². The minimum absolute atomic E-state index is 0.00179. The number of sulfone groups is 1. The number of hydrogen-bond donors (Lipinski definition) is 1. The van der Waals surface area contributed by atoms with Crippen molar-refractivity contribution in [3.63, 3.8) is 0 Å². The van der Waals surface area contributed by atoms with Crippen LogP contribution in [0.2, 0.25) is 0 Å². The standard InChI is InChI=1S/C21H20N4O2S/c1-14(15-6-4-3-5-7-15)25-20-11-16(8-9-19(20)24-21(25)22)17-10-18(13-23-12-17)28(2,26)27/h3-14H,1-2H3,(H2,22,24)/t14-/m0/s1. The van der Waals surface area contributed by atoms with Crippen molar-refractivity contribution in [3.05, 3.63) is 72.6 Å². The minimum Gasteiger partial charge on any atom is -0.369 e. The molecular formula is C21H20N4O2S. The third kappa shape index (κ3) is 3.25. The molecule has 2 heterocycles. The zero-order chi connectivity index (χ0) is 19.9. The Hall–Kier alpha value is -3.19. The van der Waals surface area contributed by atoms with Gasteiger partial charge in [-0.05, 0) is 36.2 Å². The van der Waals surface area contributed by atoms with Crippen LogP contribution in [-0.4, -0.2) is 29.2 Å². The predicted octanol–water partition coefficient (Wildman–Crippen LogP) is 3.69. The van der Waals surface area contributed by atoms with Gasteiger partial charge in [0.2, 0.25) is 5.95 Å². The van der Waals surface area contributed by atoms with Crippen molar-refractivity contribution in [2.45, 2.75) is 17.9 Å². The molecule has 4 aromatic rings. The Morgan fingerprint density at radius 2 is 1.75 bits per heavy atom. The number of nitrogen functional groups attached to an aromatic ring is 1. The first-order valence-corrected chi connectivity index (χ1v) is 10.7. The molecule has 1 atom stereocenters. The van der Waals surface area contributed by atoms with Crippen molar-refractivity contribution >= 4 is 26.8 Å². The van der Waals surface area contributed by atoms with Crippen LogP contribution in [0.1, 0.15) is 18.5 Å². The summed E-state index contributed by atoms with van der Waals surface area (Å²) in [7, 11) is -3.33. The SMILES string of the molecule is C[C@@H](c1ccccc1)n1c(N)nc2ccc(-c3cncc(S(C)(=O)=O)c3)cc21. The van der Waals surface area contributed by atoms with Gasteiger partial charge in [-0.2, -0.15) is 0 Å². The Morgan fingerprint density at radius 3 is 2.46 bits per heavy atom. The predicted molar refractivity (Wildman–Crippen MR) is 111 cm³/mol. The molecule has 0 radical (unpaired) electrons. The summed E-state index contributed by atoms with van der Waals surface area (Å²) in [6.45, 7) is 2.07. The van der Waals surface area contributed by atoms with Gasteiger partial charge < -0.3 is 10.3 Å². The van der Waals surface area contributed by atoms with E-state index in [2.05, 4.69) is 29.0 Å². The molecule has 6 nitrogen and oxygen atoms in total. The maximum atomic E-state index is 11.9. The fourth-order valence-corrected chi connectivity index (χ4v) is 3.95. The van der Waals surface area contributed by atoms with Gasteiger partial charge in [0.25, 0.3) is 0 Å². The Bertz CT molecular complexity index is 1260. The van der Waals surface area contributed by atoms with Crippen molar-refractivity contribution in [1.82, 2.24) is 14.5 Å². The topological polar surface area (TPSA) is 90.9 Å². The molecule has 2 aromatic heterocycles. The van der Waals surface area contributed by atoms with Gasteiger partial charge in [0.15, 0.2) is 9.84 Å². The monoisotopic (exact) mass is 392 g/mol. The van der Waals surface area contributed by atoms with Crippen molar-refractivity contribution < 1.29 is 8.42 Å². The number of anilines is 1. The van der Waals surface area contributed by atoms with Crippen molar-refractivity contribution in [2.75, 3.05) is 12.0 Å². The second-order valence-electron chi connectivity index (χ2n) is 6.81. The second-order valence-corrected chi connectivity index (χ2v) is 8.83. The van der Waals surface area contributed by atoms with Gasteiger partial charge in [-0.3, -0.25) is 4.98 Å². The Morgan fingerprint density at radius 1 is 1.00 bits per heavy atom. The zero-order valence-corrected chi connectivity index (χ0v) is 16.4. The van der Waals surface area contributed by atoms with Crippen LogP contribution in [0.4, 0.5) is 5.95 Å². The first-order chi connectivity index (χ1) is 13.3. The lowest BCUT2D eigenvalue weighted by molar-refractivity contribution is 0.601. The third-order valence-corrected chi connectivity index (χ3v) is 5.94. The Balaban J connectivity index is 1.86. The fourth-order valence-electron chi connectivity index (χ4n) is 3.36. The number of hydrogen-bond acceptors (Lipinski definition) is 5. The minimum atomic E-state index is -3.33. The number of fused-ring (bicyclic) bond motifs is 1. The molecule has 2 N–H and O–H groups in total. The molecule has 0 saturated heterocycles. The first-order valence-electron chi connectivity index (χ1n) is 8.82. The summed E-state index contributed by atoms with van der Waals surface area (Å²) in [6.07, 6.45) is 4.19. The van der Waals surface area contributed by atoms with E-state index in [9.17, 15) is 8.42 Å². The molecule has 0 unspecified atom stereocenters. The van der Waals surface area contributed by atoms with Gasteiger partial charge in [-0.25, -0.2) is 13.4 Å². The number of benzene rings is 2. The molecule has 7 heteroatoms. The van der Waals surface area contributed by atoms with Crippen LogP contribution in [0.25, 0.3) is 22.2 Å². The molecule has 4 rings (SSSR count). The van der Waals surface area contributed by atoms with Crippen molar-refractivity contribution in [3.8, 4) is 11.1 Å². The average Bonchev–Trinajstić information content (AvgIpc) is 3.02. The lowest BCUT2D eigenvalue weighted by atomic mass is 10.1. The van der Waals surface area contributed by atoms with Gasteiger partial charge in [0, 0.05) is 24.2 Å². The highest BCUT2D eigenvalue weighted by Crippen LogP contribution is 2.31. The molecule has 0 aliphatic carbocycles. The maximum absolute atomic E-state index is 11.9. The summed E-state index contributed by atoms with van der Waals surface area (Å²) in [4.78, 5) is 8.76. The summed E-state index contributed by atoms with van der Waals surface area (Å²) in [5.41, 5.74) is 10.6. The van der Waals surface area contributed by atoms with Crippen LogP contribution in [0.5, 0.6) is 0 Å². The second kappa shape index (κ2) is 6.76. The lowest BCUT2D eigenvalue weighted by Crippen LogP contribution is -2.10. The molecule has 0 amide bonds. The smallest absolute Gasteiger partial charge is 0.201 e. The van der Waals surface area contributed by atoms with Gasteiger partial charge in [-0.15, -0.1) is 0 Å². The van der Waals surface area contributed by atoms with E-state index in [-0.39, 0.29) is 10.9 Å². The van der Waals surface area contributed by atoms with Crippen LogP contribution in [0.3, 0.4) is 0 Å². The van der Waals surface area contributed by atoms with E-state index in [4.69, 9.17) is 5.73 Å². The number of aromatic nitrogens is 3. The molecule has 0 fully saturated rings. The highest BCUT2D eigenvalue weighted by molar-refractivity contribution is 7.90. The Labute approximate surface area is 163 Å². The molecule has 0 spiro atoms. The van der Waals surface area contributed by atoms with Crippen molar-refractivity contribution in [1.29, 1.82) is 0 Å². The molecule has 0 aliphatic heterocycles. The number of rotatable bonds is 4. The van der Waals surface area contributed by atoms with Gasteiger partial charge in [0.1, 0.15) is 0 Å². The van der Waals surface area contributed by atoms with Crippen LogP contribution >= 0.6 is 0 Å². The molecule has 0 saturated carbocycles. The van der Waals surface area contributed by atoms with Crippen LogP contribution in [0, 0.1) is 0 Å². The third-order valence-electron chi connectivity index (χ3n) is 4.86. The zero-order valence-electron chi connectivity index (χ0n) is 15.6. The number of pyridine rings is 1. The fraction of sp³-hybridized carbons (Fsp3) is 0.143. The molecule has 2 aromatic carbocycles. The summed E-state index contributed by atoms with van der Waals surface area (Å²) in [6, 6.07) is 17.5. The molecule has 0 bridgehead atoms. The largest absolute Gasteiger partial charge is 0.369 e. The van der Waals surface area contributed by atoms with Crippen LogP contribution in [-0.2, 0) is 9.84 Å². The molecule has 142 valence electrons. The quantitative estimate of drug-likeness (QED) is 0.572. The summed E-state index contributed by atoms with van der Waals surface area (Å²) in [5.74, 6) is 0.437. The van der Waals surface area contributed by atoms with E-state index in [1.54, 1.807) is 12.3 Å². The molecule has 0 aliphatic rings. The van der Waals surface area contributed by atoms with E-state index in [0.717, 1.165) is 27.7 Å². The van der Waals surface area contributed by atoms with E-state index in [1.807, 2.05) is 41.0 Å². The van der Waals surface area contributed by atoms with E-state index >= 15 is 0 Å². The summed E-state index contributed by atoms with van der Waals surface area (Å²) in [5, 5.41) is 0. The van der Waals surface area contributed by atoms with Crippen LogP contribution in [0.15, 0.2) is 71.9 Å². The van der Waals surface area contributed by atoms with Gasteiger partial charge in [0.05, 0.1) is 22.0 Å².